The maximum Gasteiger partial charge on any atom is 0.408 e. The van der Waals surface area contributed by atoms with Gasteiger partial charge in [0.2, 0.25) is 11.8 Å². The summed E-state index contributed by atoms with van der Waals surface area (Å²) in [5.74, 6) is -1.99. The van der Waals surface area contributed by atoms with Crippen LogP contribution in [-0.2, 0) is 19.1 Å². The van der Waals surface area contributed by atoms with Crippen molar-refractivity contribution in [2.24, 2.45) is 5.92 Å². The number of rotatable bonds is 3. The number of fused-ring (bicyclic) bond motifs is 2. The lowest BCUT2D eigenvalue weighted by atomic mass is 10.1. The quantitative estimate of drug-likeness (QED) is 0.555. The number of alkyl carbamates (subject to hydrolysis) is 1. The zero-order valence-electron chi connectivity index (χ0n) is 19.1. The van der Waals surface area contributed by atoms with Crippen LogP contribution in [0.2, 0.25) is 0 Å². The van der Waals surface area contributed by atoms with Crippen molar-refractivity contribution >= 4 is 23.9 Å². The predicted octanol–water partition coefficient (Wildman–Crippen LogP) is 2.49. The summed E-state index contributed by atoms with van der Waals surface area (Å²) in [6.45, 7) is 0.413. The van der Waals surface area contributed by atoms with Gasteiger partial charge in [-0.2, -0.15) is 0 Å². The van der Waals surface area contributed by atoms with Crippen molar-refractivity contribution in [3.05, 3.63) is 12.2 Å². The molecule has 3 fully saturated rings. The number of nitrogens with zero attached hydrogens (tertiary/aromatic N) is 1. The minimum atomic E-state index is -1.28. The lowest BCUT2D eigenvalue weighted by Crippen LogP contribution is -2.56. The first-order valence-electron chi connectivity index (χ1n) is 12.4. The molecule has 0 aromatic rings. The van der Waals surface area contributed by atoms with Gasteiger partial charge in [-0.15, -0.1) is 0 Å². The van der Waals surface area contributed by atoms with Crippen LogP contribution >= 0.6 is 0 Å². The van der Waals surface area contributed by atoms with E-state index in [4.69, 9.17) is 4.74 Å². The highest BCUT2D eigenvalue weighted by molar-refractivity contribution is 5.96. The number of ether oxygens (including phenoxy) is 1. The van der Waals surface area contributed by atoms with Crippen molar-refractivity contribution in [3.63, 3.8) is 0 Å². The Bertz CT molecular complexity index is 808. The molecule has 4 rings (SSSR count). The molecule has 9 heteroatoms. The van der Waals surface area contributed by atoms with Crippen molar-refractivity contribution in [3.8, 4) is 0 Å². The van der Waals surface area contributed by atoms with E-state index in [1.165, 1.54) is 4.90 Å². The van der Waals surface area contributed by atoms with Crippen LogP contribution in [0.3, 0.4) is 0 Å². The second kappa shape index (κ2) is 10.1. The van der Waals surface area contributed by atoms with Crippen molar-refractivity contribution in [1.29, 1.82) is 0 Å². The van der Waals surface area contributed by atoms with Crippen LogP contribution in [0.1, 0.15) is 77.0 Å². The number of allylic oxidation sites excluding steroid dienone is 1. The van der Waals surface area contributed by atoms with E-state index >= 15 is 0 Å². The molecule has 2 saturated carbocycles. The second-order valence-corrected chi connectivity index (χ2v) is 9.84. The Balaban J connectivity index is 1.48. The Morgan fingerprint density at radius 3 is 2.58 bits per heavy atom. The van der Waals surface area contributed by atoms with E-state index in [9.17, 15) is 24.3 Å². The standard InChI is InChI=1S/C24H35N3O6/c28-20-19-13-8-14-27(19)21(29)18(25-23(32)33-17-10-6-7-11-17)12-5-3-1-2-4-9-16-15-24(16,26-20)22(30)31/h4,9,16-19H,1-3,5-8,10-15H2,(H,25,32)(H,26,28)(H,30,31)/b9-4-/t16?,18?,19-,24+/m0/s1. The van der Waals surface area contributed by atoms with Crippen LogP contribution in [-0.4, -0.2) is 64.2 Å². The molecular weight excluding hydrogens is 426 g/mol. The zero-order valence-corrected chi connectivity index (χ0v) is 19.1. The normalized spacial score (nSPS) is 34.3. The smallest absolute Gasteiger partial charge is 0.408 e. The molecule has 1 saturated heterocycles. The van der Waals surface area contributed by atoms with E-state index in [1.807, 2.05) is 12.2 Å². The van der Waals surface area contributed by atoms with Gasteiger partial charge in [-0.1, -0.05) is 25.0 Å². The average Bonchev–Trinajstić information content (AvgIpc) is 3.14. The number of hydrogen-bond donors (Lipinski definition) is 3. The number of aliphatic carboxylic acids is 1. The van der Waals surface area contributed by atoms with Crippen LogP contribution in [0.25, 0.3) is 0 Å². The molecule has 2 aliphatic carbocycles. The fraction of sp³-hybridized carbons (Fsp3) is 0.750. The SMILES string of the molecule is O=C(NC1CCCCC/C=C\C2C[C@@]2(C(=O)O)NC(=O)[C@@H]2CCCN2C1=O)OC1CCCC1. The zero-order chi connectivity index (χ0) is 23.4. The van der Waals surface area contributed by atoms with E-state index in [0.717, 1.165) is 51.4 Å². The van der Waals surface area contributed by atoms with Gasteiger partial charge in [-0.3, -0.25) is 9.59 Å². The Kier molecular flexibility index (Phi) is 7.24. The maximum atomic E-state index is 13.4. The largest absolute Gasteiger partial charge is 0.479 e. The molecule has 2 heterocycles. The van der Waals surface area contributed by atoms with Gasteiger partial charge in [-0.05, 0) is 64.2 Å². The monoisotopic (exact) mass is 461 g/mol. The highest BCUT2D eigenvalue weighted by Gasteiger charge is 2.61. The summed E-state index contributed by atoms with van der Waals surface area (Å²) < 4.78 is 5.51. The van der Waals surface area contributed by atoms with Gasteiger partial charge in [0, 0.05) is 12.5 Å². The third-order valence-corrected chi connectivity index (χ3v) is 7.48. The Hall–Kier alpha value is -2.58. The Morgan fingerprint density at radius 2 is 1.82 bits per heavy atom. The van der Waals surface area contributed by atoms with Crippen molar-refractivity contribution < 1.29 is 29.0 Å². The summed E-state index contributed by atoms with van der Waals surface area (Å²) in [6.07, 6.45) is 12.3. The molecule has 0 radical (unpaired) electrons. The van der Waals surface area contributed by atoms with Gasteiger partial charge >= 0.3 is 12.1 Å². The number of carboxylic acids is 1. The van der Waals surface area contributed by atoms with Crippen molar-refractivity contribution in [1.82, 2.24) is 15.5 Å². The summed E-state index contributed by atoms with van der Waals surface area (Å²) in [7, 11) is 0. The number of carbonyl (C=O) groups is 4. The van der Waals surface area contributed by atoms with Crippen LogP contribution in [0.15, 0.2) is 12.2 Å². The summed E-state index contributed by atoms with van der Waals surface area (Å²) >= 11 is 0. The molecule has 0 bridgehead atoms. The number of carboxylic acid groups (broad SMARTS) is 1. The maximum absolute atomic E-state index is 13.4. The predicted molar refractivity (Wildman–Crippen MR) is 119 cm³/mol. The minimum absolute atomic E-state index is 0.0989. The van der Waals surface area contributed by atoms with Crippen LogP contribution in [0.5, 0.6) is 0 Å². The second-order valence-electron chi connectivity index (χ2n) is 9.84. The molecule has 4 atom stereocenters. The first kappa shape index (κ1) is 23.6. The summed E-state index contributed by atoms with van der Waals surface area (Å²) in [5, 5.41) is 15.3. The number of nitrogens with one attached hydrogen (secondary N) is 2. The molecule has 4 aliphatic rings. The van der Waals surface area contributed by atoms with Gasteiger partial charge < -0.3 is 25.4 Å². The number of carbonyl (C=O) groups excluding carboxylic acids is 3. The molecule has 0 spiro atoms. The van der Waals surface area contributed by atoms with Crippen molar-refractivity contribution in [2.75, 3.05) is 6.54 Å². The highest BCUT2D eigenvalue weighted by Crippen LogP contribution is 2.45. The summed E-state index contributed by atoms with van der Waals surface area (Å²) in [5.41, 5.74) is -1.28. The lowest BCUT2D eigenvalue weighted by molar-refractivity contribution is -0.145. The molecule has 33 heavy (non-hydrogen) atoms. The van der Waals surface area contributed by atoms with Crippen molar-refractivity contribution in [2.45, 2.75) is 101 Å². The summed E-state index contributed by atoms with van der Waals surface area (Å²) in [4.78, 5) is 52.5. The van der Waals surface area contributed by atoms with E-state index in [-0.39, 0.29) is 17.9 Å². The van der Waals surface area contributed by atoms with Gasteiger partial charge in [0.25, 0.3) is 0 Å². The fourth-order valence-electron chi connectivity index (χ4n) is 5.41. The van der Waals surface area contributed by atoms with Crippen LogP contribution in [0, 0.1) is 5.92 Å². The van der Waals surface area contributed by atoms with Gasteiger partial charge in [-0.25, -0.2) is 9.59 Å². The number of amides is 3. The molecule has 2 aliphatic heterocycles. The highest BCUT2D eigenvalue weighted by atomic mass is 16.6. The minimum Gasteiger partial charge on any atom is -0.479 e. The van der Waals surface area contributed by atoms with Gasteiger partial charge in [0.1, 0.15) is 23.7 Å². The van der Waals surface area contributed by atoms with E-state index < -0.39 is 35.6 Å². The van der Waals surface area contributed by atoms with E-state index in [2.05, 4.69) is 10.6 Å². The number of hydrogen-bond acceptors (Lipinski definition) is 5. The van der Waals surface area contributed by atoms with Crippen LogP contribution in [0.4, 0.5) is 4.79 Å². The topological polar surface area (TPSA) is 125 Å². The Labute approximate surface area is 194 Å². The summed E-state index contributed by atoms with van der Waals surface area (Å²) in [6, 6.07) is -1.48. The fourth-order valence-corrected chi connectivity index (χ4v) is 5.41. The third kappa shape index (κ3) is 5.33. The first-order chi connectivity index (χ1) is 15.9. The van der Waals surface area contributed by atoms with Crippen LogP contribution < -0.4 is 10.6 Å². The lowest BCUT2D eigenvalue weighted by Gasteiger charge is -2.29. The molecular formula is C24H35N3O6. The van der Waals surface area contributed by atoms with E-state index in [1.54, 1.807) is 0 Å². The van der Waals surface area contributed by atoms with Gasteiger partial charge in [0.15, 0.2) is 0 Å². The first-order valence-corrected chi connectivity index (χ1v) is 12.4. The molecule has 182 valence electrons. The Morgan fingerprint density at radius 1 is 1.06 bits per heavy atom. The molecule has 9 nitrogen and oxygen atoms in total. The van der Waals surface area contributed by atoms with Gasteiger partial charge in [0.05, 0.1) is 0 Å². The molecule has 0 aromatic carbocycles. The average molecular weight is 462 g/mol. The molecule has 2 unspecified atom stereocenters. The third-order valence-electron chi connectivity index (χ3n) is 7.48. The molecule has 0 aromatic heterocycles. The molecule has 3 amide bonds. The molecule has 3 N–H and O–H groups in total. The van der Waals surface area contributed by atoms with E-state index in [0.29, 0.717) is 32.2 Å².